The summed E-state index contributed by atoms with van der Waals surface area (Å²) in [6.45, 7) is 13.1. The van der Waals surface area contributed by atoms with E-state index in [2.05, 4.69) is 339 Å². The second kappa shape index (κ2) is 22.0. The number of allylic oxidation sites excluding steroid dienone is 16. The van der Waals surface area contributed by atoms with E-state index >= 15 is 0 Å². The fraction of sp³-hybridized carbons (Fsp3) is 0.112. The van der Waals surface area contributed by atoms with Gasteiger partial charge in [0.25, 0.3) is 6.71 Å². The van der Waals surface area contributed by atoms with E-state index in [1.54, 1.807) is 0 Å². The molecule has 0 spiro atoms. The lowest BCUT2D eigenvalue weighted by molar-refractivity contribution is 0.904. The molecule has 8 heteroatoms. The van der Waals surface area contributed by atoms with Crippen LogP contribution in [0.25, 0.3) is 110 Å². The van der Waals surface area contributed by atoms with Gasteiger partial charge in [-0.3, -0.25) is 9.13 Å². The van der Waals surface area contributed by atoms with Crippen molar-refractivity contribution in [3.05, 3.63) is 335 Å². The zero-order valence-electron chi connectivity index (χ0n) is 55.1. The molecule has 0 amide bonds. The molecule has 0 saturated heterocycles. The number of benzene rings is 10. The highest BCUT2D eigenvalue weighted by Crippen LogP contribution is 2.45. The van der Waals surface area contributed by atoms with Gasteiger partial charge in [0.15, 0.2) is 0 Å². The summed E-state index contributed by atoms with van der Waals surface area (Å²) in [6.07, 6.45) is 35.6. The molecule has 0 bridgehead atoms. The van der Waals surface area contributed by atoms with Crippen LogP contribution in [0.3, 0.4) is 0 Å². The second-order valence-corrected chi connectivity index (χ2v) is 27.4. The van der Waals surface area contributed by atoms with Crippen molar-refractivity contribution in [1.82, 2.24) is 33.2 Å². The molecular formula is C89H68BN7. The Labute approximate surface area is 563 Å². The molecule has 462 valence electrons. The summed E-state index contributed by atoms with van der Waals surface area (Å²) < 4.78 is 9.62. The molecule has 10 aromatic carbocycles. The first-order valence-corrected chi connectivity index (χ1v) is 34.1. The van der Waals surface area contributed by atoms with E-state index in [-0.39, 0.29) is 30.4 Å². The van der Waals surface area contributed by atoms with Crippen LogP contribution < -0.4 is 16.6 Å². The summed E-state index contributed by atoms with van der Waals surface area (Å²) in [5.74, 6) is 1.79. The molecule has 0 fully saturated rings. The minimum Gasteiger partial charge on any atom is -0.309 e. The maximum absolute atomic E-state index is 6.06. The average Bonchev–Trinajstić information content (AvgIpc) is 1.58. The Balaban J connectivity index is 0.965. The van der Waals surface area contributed by atoms with Crippen molar-refractivity contribution < 1.29 is 0 Å². The van der Waals surface area contributed by atoms with Gasteiger partial charge in [0.2, 0.25) is 11.9 Å². The number of aryl methyl sites for hydroxylation is 6. The fourth-order valence-corrected chi connectivity index (χ4v) is 17.1. The van der Waals surface area contributed by atoms with E-state index in [0.717, 1.165) is 77.1 Å². The van der Waals surface area contributed by atoms with Crippen LogP contribution in [0.4, 0.5) is 0 Å². The van der Waals surface area contributed by atoms with E-state index in [0.29, 0.717) is 17.6 Å². The molecule has 5 heterocycles. The minimum atomic E-state index is -0.389. The number of hydrogen-bond acceptors (Lipinski definition) is 3. The van der Waals surface area contributed by atoms with Gasteiger partial charge in [-0.25, -0.2) is 9.97 Å². The van der Waals surface area contributed by atoms with Crippen LogP contribution in [-0.4, -0.2) is 39.9 Å². The third kappa shape index (κ3) is 8.99. The van der Waals surface area contributed by atoms with E-state index in [9.17, 15) is 0 Å². The molecule has 19 rings (SSSR count). The molecule has 5 aromatic heterocycles. The number of aromatic nitrogens is 7. The lowest BCUT2D eigenvalue weighted by atomic mass is 9.37. The number of rotatable bonds is 11. The number of nitrogens with zero attached hydrogens (tertiary/aromatic N) is 7. The highest BCUT2D eigenvalue weighted by Gasteiger charge is 2.35. The van der Waals surface area contributed by atoms with E-state index < -0.39 is 0 Å². The second-order valence-electron chi connectivity index (χ2n) is 27.4. The molecule has 4 aliphatic carbocycles. The topological polar surface area (TPSA) is 58.4 Å². The Morgan fingerprint density at radius 2 is 0.546 bits per heavy atom. The Kier molecular flexibility index (Phi) is 12.9. The molecule has 15 aromatic rings. The van der Waals surface area contributed by atoms with Crippen LogP contribution in [0.1, 0.15) is 79.3 Å². The van der Waals surface area contributed by atoms with Gasteiger partial charge in [-0.2, -0.15) is 4.98 Å². The van der Waals surface area contributed by atoms with E-state index in [4.69, 9.17) is 15.0 Å². The summed E-state index contributed by atoms with van der Waals surface area (Å²) >= 11 is 0. The van der Waals surface area contributed by atoms with Crippen molar-refractivity contribution in [2.24, 2.45) is 0 Å². The Bertz CT molecular complexity index is 5700. The first-order valence-electron chi connectivity index (χ1n) is 34.1. The summed E-state index contributed by atoms with van der Waals surface area (Å²) in [7, 11) is 0. The lowest BCUT2D eigenvalue weighted by Crippen LogP contribution is -2.58. The molecule has 97 heavy (non-hydrogen) atoms. The normalized spacial score (nSPS) is 14.8. The largest absolute Gasteiger partial charge is 0.309 e. The highest BCUT2D eigenvalue weighted by atomic mass is 15.3. The van der Waals surface area contributed by atoms with Crippen LogP contribution in [0.5, 0.6) is 0 Å². The van der Waals surface area contributed by atoms with Crippen molar-refractivity contribution in [3.63, 3.8) is 0 Å². The van der Waals surface area contributed by atoms with Gasteiger partial charge in [0.1, 0.15) is 5.72 Å². The molecule has 0 aliphatic heterocycles. The summed E-state index contributed by atoms with van der Waals surface area (Å²) in [6, 6.07) is 69.0. The van der Waals surface area contributed by atoms with Crippen molar-refractivity contribution in [3.8, 4) is 23.3 Å². The maximum Gasteiger partial charge on any atom is 0.291 e. The number of para-hydroxylation sites is 2. The fourth-order valence-electron chi connectivity index (χ4n) is 17.1. The Hall–Kier alpha value is -11.6. The molecule has 0 atom stereocenters. The standard InChI is InChI=1S/C89H68BN7/c1-53-41-55(3)85(56(4)42-53)90(86-57(5)43-54(2)44-58(86)6)87-91-88(96-79-39-35-65(61-25-17-18-26-61)47-71(79)75-49-73-69-45-63(59-21-13-14-22-59)33-37-77(69)94(81(73)51-83(75)96)67-29-9-7-10-30-67)93-89(92-87)97-80-40-36-66(62-27-19-20-28-62)48-72(80)76-50-74-70-46-64(60-23-15-16-24-60)34-38-78(70)95(82(74)52-84(76)97)68-31-11-8-12-32-68/h7-52,59-62H,1-6H3. The minimum absolute atomic E-state index is 0.145. The van der Waals surface area contributed by atoms with Gasteiger partial charge in [-0.1, -0.05) is 226 Å². The lowest BCUT2D eigenvalue weighted by Gasteiger charge is -2.24. The van der Waals surface area contributed by atoms with E-state index in [1.165, 1.54) is 88.1 Å². The predicted molar refractivity (Wildman–Crippen MR) is 407 cm³/mol. The van der Waals surface area contributed by atoms with Gasteiger partial charge >= 0.3 is 0 Å². The summed E-state index contributed by atoms with van der Waals surface area (Å²) in [5, 5.41) is 9.33. The average molecular weight is 1250 g/mol. The van der Waals surface area contributed by atoms with Gasteiger partial charge in [0.05, 0.1) is 44.1 Å². The summed E-state index contributed by atoms with van der Waals surface area (Å²) in [4.78, 5) is 18.2. The third-order valence-corrected chi connectivity index (χ3v) is 21.3. The van der Waals surface area contributed by atoms with Crippen LogP contribution in [0.2, 0.25) is 0 Å². The Morgan fingerprint density at radius 3 is 0.856 bits per heavy atom. The molecule has 7 nitrogen and oxygen atoms in total. The SMILES string of the molecule is Cc1cc(C)c(B(c2nc(-n3c4ccc(C5C=CC=C5)cc4c4cc5c6cc(C7C=CC=C7)ccc6n(-c6ccccc6)c5cc43)nc(-n3c4ccc(C5C=CC=C5)cc4c4cc5c6cc(C7C=CC=C7)ccc6n(-c6ccccc6)c5cc43)n2)c2c(C)cc(C)cc2C)c(C)c1. The first-order chi connectivity index (χ1) is 47.5. The summed E-state index contributed by atoms with van der Waals surface area (Å²) in [5.41, 5.74) is 26.1. The zero-order valence-corrected chi connectivity index (χ0v) is 55.1. The van der Waals surface area contributed by atoms with Gasteiger partial charge in [0, 0.05) is 78.1 Å². The van der Waals surface area contributed by atoms with Gasteiger partial charge in [-0.05, 0) is 161 Å². The highest BCUT2D eigenvalue weighted by molar-refractivity contribution is 6.95. The monoisotopic (exact) mass is 1250 g/mol. The zero-order chi connectivity index (χ0) is 64.9. The van der Waals surface area contributed by atoms with Gasteiger partial charge in [-0.15, -0.1) is 0 Å². The van der Waals surface area contributed by atoms with Crippen LogP contribution in [0, 0.1) is 41.5 Å². The van der Waals surface area contributed by atoms with Crippen molar-refractivity contribution in [2.45, 2.75) is 65.2 Å². The molecular weight excluding hydrogens is 1180 g/mol. The molecule has 4 aliphatic rings. The van der Waals surface area contributed by atoms with E-state index in [1.807, 2.05) is 0 Å². The Morgan fingerprint density at radius 1 is 0.268 bits per heavy atom. The van der Waals surface area contributed by atoms with Crippen LogP contribution in [0.15, 0.2) is 279 Å². The quantitative estimate of drug-likeness (QED) is 0.121. The van der Waals surface area contributed by atoms with Crippen molar-refractivity contribution in [1.29, 1.82) is 0 Å². The van der Waals surface area contributed by atoms with Gasteiger partial charge < -0.3 is 9.13 Å². The van der Waals surface area contributed by atoms with Crippen LogP contribution >= 0.6 is 0 Å². The third-order valence-electron chi connectivity index (χ3n) is 21.3. The van der Waals surface area contributed by atoms with Crippen LogP contribution in [-0.2, 0) is 0 Å². The number of fused-ring (bicyclic) bond motifs is 12. The maximum atomic E-state index is 6.06. The van der Waals surface area contributed by atoms with Crippen molar-refractivity contribution in [2.75, 3.05) is 0 Å². The number of hydrogen-bond donors (Lipinski definition) is 0. The first kappa shape index (κ1) is 56.9. The smallest absolute Gasteiger partial charge is 0.291 e. The molecule has 0 radical (unpaired) electrons. The van der Waals surface area contributed by atoms with Crippen molar-refractivity contribution >= 4 is 111 Å². The molecule has 0 N–H and O–H groups in total. The molecule has 0 unspecified atom stereocenters. The predicted octanol–water partition coefficient (Wildman–Crippen LogP) is 19.5. The molecule has 0 saturated carbocycles.